The molecule has 4 nitrogen and oxygen atoms in total. The minimum absolute atomic E-state index is 0.154. The van der Waals surface area contributed by atoms with Gasteiger partial charge in [0.15, 0.2) is 0 Å². The summed E-state index contributed by atoms with van der Waals surface area (Å²) in [6.07, 6.45) is 1.85. The molecule has 0 saturated heterocycles. The molecule has 17 heavy (non-hydrogen) atoms. The van der Waals surface area contributed by atoms with E-state index < -0.39 is 11.8 Å². The van der Waals surface area contributed by atoms with E-state index in [1.165, 1.54) is 18.2 Å². The van der Waals surface area contributed by atoms with Crippen LogP contribution in [0.4, 0.5) is 14.9 Å². The molecule has 0 unspecified atom stereocenters. The summed E-state index contributed by atoms with van der Waals surface area (Å²) in [6, 6.07) is 5.40. The highest BCUT2D eigenvalue weighted by atomic mass is 19.1. The zero-order valence-corrected chi connectivity index (χ0v) is 9.59. The third kappa shape index (κ3) is 3.76. The molecule has 1 aromatic carbocycles. The molecule has 0 aliphatic carbocycles. The van der Waals surface area contributed by atoms with Crippen molar-refractivity contribution in [3.05, 3.63) is 29.6 Å². The summed E-state index contributed by atoms with van der Waals surface area (Å²) in [4.78, 5) is 11.4. The molecular weight excluding hydrogens is 221 g/mol. The second-order valence-corrected chi connectivity index (χ2v) is 3.51. The molecule has 0 saturated carbocycles. The van der Waals surface area contributed by atoms with E-state index in [2.05, 4.69) is 10.6 Å². The maximum absolute atomic E-state index is 13.2. The fourth-order valence-corrected chi connectivity index (χ4v) is 1.29. The van der Waals surface area contributed by atoms with Gasteiger partial charge in [0.1, 0.15) is 17.4 Å². The Bertz CT molecular complexity index is 440. The van der Waals surface area contributed by atoms with E-state index in [9.17, 15) is 9.18 Å². The van der Waals surface area contributed by atoms with E-state index in [0.29, 0.717) is 6.54 Å². The normalized spacial score (nSPS) is 9.47. The number of urea groups is 1. The first kappa shape index (κ1) is 13.0. The summed E-state index contributed by atoms with van der Waals surface area (Å²) in [6.45, 7) is 2.57. The van der Waals surface area contributed by atoms with Gasteiger partial charge in [-0.25, -0.2) is 9.18 Å². The highest BCUT2D eigenvalue weighted by molar-refractivity contribution is 5.90. The molecule has 0 atom stereocenters. The molecule has 0 aliphatic heterocycles. The molecule has 0 spiro atoms. The molecular formula is C12H14FN3O. The number of amides is 2. The predicted octanol–water partition coefficient (Wildman–Crippen LogP) is 2.62. The van der Waals surface area contributed by atoms with Crippen LogP contribution in [-0.2, 0) is 0 Å². The molecule has 1 aromatic rings. The molecule has 0 fully saturated rings. The van der Waals surface area contributed by atoms with Crippen molar-refractivity contribution in [2.24, 2.45) is 0 Å². The minimum Gasteiger partial charge on any atom is -0.338 e. The number of anilines is 1. The number of carbonyl (C=O) groups is 1. The van der Waals surface area contributed by atoms with Gasteiger partial charge in [0.2, 0.25) is 0 Å². The summed E-state index contributed by atoms with van der Waals surface area (Å²) in [7, 11) is 0. The van der Waals surface area contributed by atoms with Crippen LogP contribution in [0.15, 0.2) is 18.2 Å². The Kier molecular flexibility index (Phi) is 4.95. The lowest BCUT2D eigenvalue weighted by Gasteiger charge is -2.08. The Morgan fingerprint density at radius 3 is 2.94 bits per heavy atom. The van der Waals surface area contributed by atoms with Gasteiger partial charge in [-0.2, -0.15) is 5.26 Å². The average molecular weight is 235 g/mol. The van der Waals surface area contributed by atoms with E-state index in [1.807, 2.05) is 6.92 Å². The topological polar surface area (TPSA) is 64.9 Å². The van der Waals surface area contributed by atoms with Gasteiger partial charge in [-0.15, -0.1) is 0 Å². The summed E-state index contributed by atoms with van der Waals surface area (Å²) in [5.41, 5.74) is 0.0274. The Balaban J connectivity index is 2.66. The van der Waals surface area contributed by atoms with Gasteiger partial charge < -0.3 is 10.6 Å². The van der Waals surface area contributed by atoms with Crippen LogP contribution in [-0.4, -0.2) is 12.6 Å². The maximum atomic E-state index is 13.2. The molecule has 0 radical (unpaired) electrons. The fraction of sp³-hybridized carbons (Fsp3) is 0.333. The molecule has 0 aliphatic rings. The van der Waals surface area contributed by atoms with Crippen molar-refractivity contribution in [3.8, 4) is 6.07 Å². The Morgan fingerprint density at radius 1 is 1.53 bits per heavy atom. The number of halogens is 1. The lowest BCUT2D eigenvalue weighted by atomic mass is 10.2. The van der Waals surface area contributed by atoms with Crippen molar-refractivity contribution in [1.82, 2.24) is 5.32 Å². The zero-order chi connectivity index (χ0) is 12.7. The quantitative estimate of drug-likeness (QED) is 0.788. The van der Waals surface area contributed by atoms with Crippen LogP contribution >= 0.6 is 0 Å². The third-order valence-corrected chi connectivity index (χ3v) is 2.19. The first-order valence-corrected chi connectivity index (χ1v) is 5.42. The van der Waals surface area contributed by atoms with Crippen LogP contribution in [0.2, 0.25) is 0 Å². The van der Waals surface area contributed by atoms with Gasteiger partial charge in [0.25, 0.3) is 0 Å². The van der Waals surface area contributed by atoms with Crippen molar-refractivity contribution in [2.75, 3.05) is 11.9 Å². The Hall–Kier alpha value is -2.09. The van der Waals surface area contributed by atoms with Crippen molar-refractivity contribution >= 4 is 11.7 Å². The van der Waals surface area contributed by atoms with E-state index in [0.717, 1.165) is 12.8 Å². The van der Waals surface area contributed by atoms with Crippen LogP contribution in [0.5, 0.6) is 0 Å². The highest BCUT2D eigenvalue weighted by Crippen LogP contribution is 2.17. The van der Waals surface area contributed by atoms with E-state index in [4.69, 9.17) is 5.26 Å². The van der Waals surface area contributed by atoms with Crippen molar-refractivity contribution in [3.63, 3.8) is 0 Å². The SMILES string of the molecule is CCCCNC(=O)Nc1cccc(F)c1C#N. The van der Waals surface area contributed by atoms with Crippen LogP contribution in [0, 0.1) is 17.1 Å². The van der Waals surface area contributed by atoms with Gasteiger partial charge >= 0.3 is 6.03 Å². The Labute approximate surface area is 99.4 Å². The van der Waals surface area contributed by atoms with Gasteiger partial charge in [0, 0.05) is 6.54 Å². The maximum Gasteiger partial charge on any atom is 0.319 e. The van der Waals surface area contributed by atoms with Crippen LogP contribution < -0.4 is 10.6 Å². The number of nitrogens with one attached hydrogen (secondary N) is 2. The average Bonchev–Trinajstić information content (AvgIpc) is 2.29. The molecule has 90 valence electrons. The first-order chi connectivity index (χ1) is 8.19. The number of hydrogen-bond acceptors (Lipinski definition) is 2. The largest absolute Gasteiger partial charge is 0.338 e. The lowest BCUT2D eigenvalue weighted by molar-refractivity contribution is 0.252. The first-order valence-electron chi connectivity index (χ1n) is 5.42. The lowest BCUT2D eigenvalue weighted by Crippen LogP contribution is -2.29. The van der Waals surface area contributed by atoms with Crippen LogP contribution in [0.25, 0.3) is 0 Å². The van der Waals surface area contributed by atoms with E-state index >= 15 is 0 Å². The number of unbranched alkanes of at least 4 members (excludes halogenated alkanes) is 1. The fourth-order valence-electron chi connectivity index (χ4n) is 1.29. The minimum atomic E-state index is -0.640. The van der Waals surface area contributed by atoms with Gasteiger partial charge in [0.05, 0.1) is 5.69 Å². The summed E-state index contributed by atoms with van der Waals surface area (Å²) >= 11 is 0. The number of carbonyl (C=O) groups excluding carboxylic acids is 1. The van der Waals surface area contributed by atoms with Crippen molar-refractivity contribution in [2.45, 2.75) is 19.8 Å². The second-order valence-electron chi connectivity index (χ2n) is 3.51. The molecule has 0 heterocycles. The smallest absolute Gasteiger partial charge is 0.319 e. The number of nitriles is 1. The number of rotatable bonds is 4. The monoisotopic (exact) mass is 235 g/mol. The third-order valence-electron chi connectivity index (χ3n) is 2.19. The van der Waals surface area contributed by atoms with E-state index in [1.54, 1.807) is 6.07 Å². The molecule has 5 heteroatoms. The standard InChI is InChI=1S/C12H14FN3O/c1-2-3-7-15-12(17)16-11-6-4-5-10(13)9(11)8-14/h4-6H,2-3,7H2,1H3,(H2,15,16,17). The number of benzene rings is 1. The molecule has 0 aromatic heterocycles. The number of nitrogens with zero attached hydrogens (tertiary/aromatic N) is 1. The van der Waals surface area contributed by atoms with Gasteiger partial charge in [-0.1, -0.05) is 19.4 Å². The van der Waals surface area contributed by atoms with Gasteiger partial charge in [-0.05, 0) is 18.6 Å². The number of hydrogen-bond donors (Lipinski definition) is 2. The molecule has 0 bridgehead atoms. The molecule has 2 amide bonds. The Morgan fingerprint density at radius 2 is 2.29 bits per heavy atom. The zero-order valence-electron chi connectivity index (χ0n) is 9.59. The van der Waals surface area contributed by atoms with Crippen LogP contribution in [0.3, 0.4) is 0 Å². The van der Waals surface area contributed by atoms with Crippen LogP contribution in [0.1, 0.15) is 25.3 Å². The molecule has 1 rings (SSSR count). The van der Waals surface area contributed by atoms with Crippen molar-refractivity contribution in [1.29, 1.82) is 5.26 Å². The highest BCUT2D eigenvalue weighted by Gasteiger charge is 2.09. The summed E-state index contributed by atoms with van der Waals surface area (Å²) in [5.74, 6) is -0.640. The van der Waals surface area contributed by atoms with Gasteiger partial charge in [-0.3, -0.25) is 0 Å². The summed E-state index contributed by atoms with van der Waals surface area (Å²) < 4.78 is 13.2. The predicted molar refractivity (Wildman–Crippen MR) is 63.0 cm³/mol. The molecule has 2 N–H and O–H groups in total. The summed E-state index contributed by atoms with van der Waals surface area (Å²) in [5, 5.41) is 13.8. The second kappa shape index (κ2) is 6.48. The van der Waals surface area contributed by atoms with E-state index in [-0.39, 0.29) is 11.3 Å². The van der Waals surface area contributed by atoms with Crippen molar-refractivity contribution < 1.29 is 9.18 Å².